The van der Waals surface area contributed by atoms with Crippen LogP contribution in [0.2, 0.25) is 0 Å². The highest BCUT2D eigenvalue weighted by Crippen LogP contribution is 2.31. The van der Waals surface area contributed by atoms with E-state index in [-0.39, 0.29) is 0 Å². The molecule has 1 fully saturated rings. The first kappa shape index (κ1) is 14.4. The average molecular weight is 261 g/mol. The third-order valence-electron chi connectivity index (χ3n) is 4.50. The van der Waals surface area contributed by atoms with E-state index in [4.69, 9.17) is 4.74 Å². The number of methoxy groups -OCH3 is 1. The van der Waals surface area contributed by atoms with E-state index in [1.54, 1.807) is 7.11 Å². The van der Waals surface area contributed by atoms with Gasteiger partial charge in [0.1, 0.15) is 5.75 Å². The van der Waals surface area contributed by atoms with Crippen LogP contribution in [0, 0.1) is 11.8 Å². The molecule has 0 heterocycles. The van der Waals surface area contributed by atoms with Crippen molar-refractivity contribution < 1.29 is 4.74 Å². The molecule has 19 heavy (non-hydrogen) atoms. The van der Waals surface area contributed by atoms with Crippen molar-refractivity contribution in [2.75, 3.05) is 7.11 Å². The quantitative estimate of drug-likeness (QED) is 0.878. The summed E-state index contributed by atoms with van der Waals surface area (Å²) < 4.78 is 5.46. The third-order valence-corrected chi connectivity index (χ3v) is 4.50. The third kappa shape index (κ3) is 3.50. The lowest BCUT2D eigenvalue weighted by Gasteiger charge is -2.35. The first-order chi connectivity index (χ1) is 9.11. The van der Waals surface area contributed by atoms with Gasteiger partial charge in [-0.3, -0.25) is 0 Å². The minimum absolute atomic E-state index is 0.344. The van der Waals surface area contributed by atoms with Gasteiger partial charge in [-0.2, -0.15) is 0 Å². The molecule has 0 amide bonds. The van der Waals surface area contributed by atoms with Crippen LogP contribution in [0.5, 0.6) is 5.75 Å². The predicted octanol–water partition coefficient (Wildman–Crippen LogP) is 4.17. The summed E-state index contributed by atoms with van der Waals surface area (Å²) in [6, 6.07) is 9.29. The van der Waals surface area contributed by atoms with E-state index >= 15 is 0 Å². The first-order valence-electron chi connectivity index (χ1n) is 7.50. The first-order valence-corrected chi connectivity index (χ1v) is 7.50. The molecule has 0 saturated heterocycles. The summed E-state index contributed by atoms with van der Waals surface area (Å²) >= 11 is 0. The standard InChI is InChI=1S/C17H27NO/c1-12-9-10-16(13(2)11-12)18-14(3)15-7-5-6-8-17(15)19-4/h5-8,12-14,16,18H,9-11H2,1-4H3. The maximum absolute atomic E-state index is 5.46. The smallest absolute Gasteiger partial charge is 0.123 e. The van der Waals surface area contributed by atoms with Crippen molar-refractivity contribution in [2.24, 2.45) is 11.8 Å². The van der Waals surface area contributed by atoms with E-state index in [9.17, 15) is 0 Å². The summed E-state index contributed by atoms with van der Waals surface area (Å²) in [4.78, 5) is 0. The summed E-state index contributed by atoms with van der Waals surface area (Å²) in [5.41, 5.74) is 1.26. The Morgan fingerprint density at radius 3 is 2.63 bits per heavy atom. The van der Waals surface area contributed by atoms with E-state index < -0.39 is 0 Å². The fourth-order valence-electron chi connectivity index (χ4n) is 3.35. The number of para-hydroxylation sites is 1. The number of hydrogen-bond acceptors (Lipinski definition) is 2. The highest BCUT2D eigenvalue weighted by Gasteiger charge is 2.26. The molecule has 1 aliphatic carbocycles. The highest BCUT2D eigenvalue weighted by molar-refractivity contribution is 5.35. The van der Waals surface area contributed by atoms with Crippen LogP contribution in [0.25, 0.3) is 0 Å². The van der Waals surface area contributed by atoms with Crippen LogP contribution in [-0.4, -0.2) is 13.2 Å². The van der Waals surface area contributed by atoms with Crippen molar-refractivity contribution in [3.8, 4) is 5.75 Å². The average Bonchev–Trinajstić information content (AvgIpc) is 2.41. The molecule has 1 aromatic carbocycles. The maximum atomic E-state index is 5.46. The second-order valence-corrected chi connectivity index (χ2v) is 6.13. The molecular formula is C17H27NO. The van der Waals surface area contributed by atoms with Gasteiger partial charge in [-0.1, -0.05) is 32.0 Å². The molecule has 0 radical (unpaired) electrons. The van der Waals surface area contributed by atoms with Crippen LogP contribution in [0.15, 0.2) is 24.3 Å². The Morgan fingerprint density at radius 2 is 1.95 bits per heavy atom. The van der Waals surface area contributed by atoms with Crippen molar-refractivity contribution in [1.82, 2.24) is 5.32 Å². The Morgan fingerprint density at radius 1 is 1.21 bits per heavy atom. The molecule has 0 aromatic heterocycles. The number of hydrogen-bond donors (Lipinski definition) is 1. The minimum atomic E-state index is 0.344. The highest BCUT2D eigenvalue weighted by atomic mass is 16.5. The predicted molar refractivity (Wildman–Crippen MR) is 80.5 cm³/mol. The Kier molecular flexibility index (Phi) is 4.87. The number of benzene rings is 1. The van der Waals surface area contributed by atoms with Crippen LogP contribution in [0.4, 0.5) is 0 Å². The summed E-state index contributed by atoms with van der Waals surface area (Å²) in [6.45, 7) is 6.99. The molecule has 2 nitrogen and oxygen atoms in total. The van der Waals surface area contributed by atoms with E-state index in [0.717, 1.165) is 17.6 Å². The van der Waals surface area contributed by atoms with Crippen LogP contribution in [-0.2, 0) is 0 Å². The van der Waals surface area contributed by atoms with Crippen LogP contribution >= 0.6 is 0 Å². The number of nitrogens with one attached hydrogen (secondary N) is 1. The lowest BCUT2D eigenvalue weighted by Crippen LogP contribution is -2.40. The topological polar surface area (TPSA) is 21.3 Å². The van der Waals surface area contributed by atoms with E-state index in [1.165, 1.54) is 24.8 Å². The molecule has 0 spiro atoms. The number of ether oxygens (including phenoxy) is 1. The molecule has 1 aromatic rings. The van der Waals surface area contributed by atoms with Crippen molar-refractivity contribution in [3.63, 3.8) is 0 Å². The SMILES string of the molecule is COc1ccccc1C(C)NC1CCC(C)CC1C. The number of rotatable bonds is 4. The second kappa shape index (κ2) is 6.42. The van der Waals surface area contributed by atoms with Crippen LogP contribution in [0.1, 0.15) is 51.6 Å². The molecule has 0 aliphatic heterocycles. The van der Waals surface area contributed by atoms with Crippen molar-refractivity contribution in [2.45, 2.75) is 52.1 Å². The Hall–Kier alpha value is -1.02. The molecule has 106 valence electrons. The van der Waals surface area contributed by atoms with Gasteiger partial charge in [0, 0.05) is 17.6 Å². The lowest BCUT2D eigenvalue weighted by molar-refractivity contribution is 0.215. The molecule has 0 bridgehead atoms. The maximum Gasteiger partial charge on any atom is 0.123 e. The summed E-state index contributed by atoms with van der Waals surface area (Å²) in [7, 11) is 1.75. The molecular weight excluding hydrogens is 234 g/mol. The fraction of sp³-hybridized carbons (Fsp3) is 0.647. The molecule has 2 rings (SSSR count). The molecule has 4 unspecified atom stereocenters. The Balaban J connectivity index is 2.02. The zero-order chi connectivity index (χ0) is 13.8. The normalized spacial score (nSPS) is 28.9. The molecule has 1 aliphatic rings. The van der Waals surface area contributed by atoms with Crippen molar-refractivity contribution in [3.05, 3.63) is 29.8 Å². The van der Waals surface area contributed by atoms with Gasteiger partial charge in [-0.05, 0) is 44.1 Å². The molecule has 1 saturated carbocycles. The fourth-order valence-corrected chi connectivity index (χ4v) is 3.35. The van der Waals surface area contributed by atoms with Gasteiger partial charge in [0.05, 0.1) is 7.11 Å². The van der Waals surface area contributed by atoms with E-state index in [2.05, 4.69) is 38.2 Å². The van der Waals surface area contributed by atoms with Crippen LogP contribution in [0.3, 0.4) is 0 Å². The van der Waals surface area contributed by atoms with Gasteiger partial charge in [0.15, 0.2) is 0 Å². The lowest BCUT2D eigenvalue weighted by atomic mass is 9.79. The van der Waals surface area contributed by atoms with Crippen LogP contribution < -0.4 is 10.1 Å². The van der Waals surface area contributed by atoms with Gasteiger partial charge >= 0.3 is 0 Å². The summed E-state index contributed by atoms with van der Waals surface area (Å²) in [6.07, 6.45) is 3.98. The largest absolute Gasteiger partial charge is 0.496 e. The van der Waals surface area contributed by atoms with Gasteiger partial charge in [0.25, 0.3) is 0 Å². The Bertz CT molecular complexity index is 404. The second-order valence-electron chi connectivity index (χ2n) is 6.13. The molecule has 4 atom stereocenters. The van der Waals surface area contributed by atoms with Crippen molar-refractivity contribution >= 4 is 0 Å². The molecule has 1 N–H and O–H groups in total. The van der Waals surface area contributed by atoms with Gasteiger partial charge in [0.2, 0.25) is 0 Å². The van der Waals surface area contributed by atoms with Crippen molar-refractivity contribution in [1.29, 1.82) is 0 Å². The summed E-state index contributed by atoms with van der Waals surface area (Å²) in [5.74, 6) is 2.63. The van der Waals surface area contributed by atoms with E-state index in [1.807, 2.05) is 12.1 Å². The zero-order valence-electron chi connectivity index (χ0n) is 12.6. The monoisotopic (exact) mass is 261 g/mol. The minimum Gasteiger partial charge on any atom is -0.496 e. The van der Waals surface area contributed by atoms with Gasteiger partial charge in [-0.25, -0.2) is 0 Å². The Labute approximate surface area is 117 Å². The zero-order valence-corrected chi connectivity index (χ0v) is 12.6. The van der Waals surface area contributed by atoms with E-state index in [0.29, 0.717) is 12.1 Å². The van der Waals surface area contributed by atoms with Gasteiger partial charge < -0.3 is 10.1 Å². The molecule has 2 heteroatoms. The summed E-state index contributed by atoms with van der Waals surface area (Å²) in [5, 5.41) is 3.80. The van der Waals surface area contributed by atoms with Gasteiger partial charge in [-0.15, -0.1) is 0 Å².